The number of carbonyl (C=O) groups excluding carboxylic acids is 3. The van der Waals surface area contributed by atoms with Crippen LogP contribution < -0.4 is 20.4 Å². The van der Waals surface area contributed by atoms with Crippen molar-refractivity contribution in [3.8, 4) is 6.07 Å². The van der Waals surface area contributed by atoms with E-state index in [1.165, 1.54) is 15.9 Å². The Morgan fingerprint density at radius 1 is 1.05 bits per heavy atom. The van der Waals surface area contributed by atoms with Crippen LogP contribution in [0.3, 0.4) is 0 Å². The molecule has 3 saturated heterocycles. The highest BCUT2D eigenvalue weighted by Gasteiger charge is 2.52. The summed E-state index contributed by atoms with van der Waals surface area (Å²) >= 11 is 5.76. The molecule has 4 aliphatic rings. The molecule has 4 fully saturated rings. The lowest BCUT2D eigenvalue weighted by Gasteiger charge is -2.45. The van der Waals surface area contributed by atoms with Crippen LogP contribution in [0.25, 0.3) is 10.9 Å². The van der Waals surface area contributed by atoms with E-state index in [0.29, 0.717) is 31.1 Å². The summed E-state index contributed by atoms with van der Waals surface area (Å²) in [4.78, 5) is 47.5. The maximum atomic E-state index is 13.8. The Hall–Kier alpha value is -4.83. The van der Waals surface area contributed by atoms with Gasteiger partial charge in [0.15, 0.2) is 10.9 Å². The third-order valence-corrected chi connectivity index (χ3v) is 12.8. The van der Waals surface area contributed by atoms with Gasteiger partial charge in [0.2, 0.25) is 5.91 Å². The number of anilines is 3. The van der Waals surface area contributed by atoms with Gasteiger partial charge in [-0.25, -0.2) is 4.79 Å². The lowest BCUT2D eigenvalue weighted by Crippen LogP contribution is -2.57. The van der Waals surface area contributed by atoms with E-state index >= 15 is 0 Å². The van der Waals surface area contributed by atoms with Gasteiger partial charge in [-0.05, 0) is 102 Å². The predicted molar refractivity (Wildman–Crippen MR) is 226 cm³/mol. The third kappa shape index (κ3) is 8.54. The van der Waals surface area contributed by atoms with Gasteiger partial charge in [-0.15, -0.1) is 0 Å². The van der Waals surface area contributed by atoms with Gasteiger partial charge >= 0.3 is 12.2 Å². The predicted octanol–water partition coefficient (Wildman–Crippen LogP) is 5.85. The summed E-state index contributed by atoms with van der Waals surface area (Å²) in [6.45, 7) is 13.4. The number of halogens is 3. The molecule has 60 heavy (non-hydrogen) atoms. The van der Waals surface area contributed by atoms with Crippen molar-refractivity contribution in [1.29, 1.82) is 5.26 Å². The van der Waals surface area contributed by atoms with Crippen LogP contribution in [0.5, 0.6) is 0 Å². The summed E-state index contributed by atoms with van der Waals surface area (Å²) in [7, 11) is 1.86. The van der Waals surface area contributed by atoms with E-state index in [1.807, 2.05) is 30.1 Å². The summed E-state index contributed by atoms with van der Waals surface area (Å²) in [6.07, 6.45) is -0.471. The number of thiocarbonyl (C=S) groups is 1. The first-order chi connectivity index (χ1) is 28.5. The highest BCUT2D eigenvalue weighted by Crippen LogP contribution is 2.41. The maximum absolute atomic E-state index is 13.8. The Kier molecular flexibility index (Phi) is 12.5. The largest absolute Gasteiger partial charge is 0.417 e. The number of nitrogens with zero attached hydrogens (tertiary/aromatic N) is 8. The second-order valence-corrected chi connectivity index (χ2v) is 17.2. The van der Waals surface area contributed by atoms with Gasteiger partial charge in [0.1, 0.15) is 5.54 Å². The van der Waals surface area contributed by atoms with Gasteiger partial charge < -0.3 is 15.0 Å². The molecule has 4 heterocycles. The summed E-state index contributed by atoms with van der Waals surface area (Å²) in [5, 5.41) is 20.9. The molecule has 18 heteroatoms. The van der Waals surface area contributed by atoms with Crippen LogP contribution in [0.2, 0.25) is 0 Å². The number of fused-ring (bicyclic) bond motifs is 1. The molecule has 322 valence electrons. The standard InChI is InChI=1S/C42H53F3N10O4S/c1-26-24-51(25-27(2)52(26)18-7-17-47-34-9-6-8-32-36(34)50(5)49-37(32)53-19-16-35(56)48-39(53)58)20-21-59-31-14-12-29(13-15-31)55-40(60)54(38(57)41(55,3)4)30-11-10-28(23-46)33(22-30)42(43,44)45/h6,8-11,22,26-27,29,31,47H,7,12-21,24-25H2,1-5H3,(H,48,56,58)/t26-,27+,29?,31?. The lowest BCUT2D eigenvalue weighted by molar-refractivity contribution is -0.137. The van der Waals surface area contributed by atoms with Crippen molar-refractivity contribution in [2.24, 2.45) is 7.05 Å². The monoisotopic (exact) mass is 850 g/mol. The third-order valence-electron chi connectivity index (χ3n) is 12.4. The van der Waals surface area contributed by atoms with Crippen LogP contribution in [-0.4, -0.2) is 123 Å². The molecular formula is C42H53F3N10O4S. The topological polar surface area (TPSA) is 142 Å². The van der Waals surface area contributed by atoms with Crippen molar-refractivity contribution in [2.75, 3.05) is 61.0 Å². The summed E-state index contributed by atoms with van der Waals surface area (Å²) < 4.78 is 49.4. The Bertz CT molecular complexity index is 2170. The number of rotatable bonds is 12. The molecule has 3 aromatic rings. The zero-order valence-corrected chi connectivity index (χ0v) is 35.5. The van der Waals surface area contributed by atoms with E-state index in [1.54, 1.807) is 24.6 Å². The number of hydrogen-bond acceptors (Lipinski definition) is 10. The first kappa shape index (κ1) is 43.3. The van der Waals surface area contributed by atoms with E-state index in [-0.39, 0.29) is 35.3 Å². The van der Waals surface area contributed by atoms with Gasteiger partial charge in [0, 0.05) is 76.2 Å². The number of imide groups is 1. The maximum Gasteiger partial charge on any atom is 0.417 e. The normalized spacial score (nSPS) is 24.4. The molecule has 7 rings (SSSR count). The molecule has 3 aliphatic heterocycles. The molecule has 0 unspecified atom stereocenters. The second kappa shape index (κ2) is 17.3. The van der Waals surface area contributed by atoms with Crippen LogP contribution in [-0.2, 0) is 27.5 Å². The number of aryl methyl sites for hydroxylation is 1. The number of piperazine rings is 1. The minimum absolute atomic E-state index is 0.00333. The van der Waals surface area contributed by atoms with Crippen molar-refractivity contribution in [1.82, 2.24) is 29.8 Å². The highest BCUT2D eigenvalue weighted by molar-refractivity contribution is 7.80. The van der Waals surface area contributed by atoms with Gasteiger partial charge in [0.25, 0.3) is 5.91 Å². The molecule has 1 aliphatic carbocycles. The lowest BCUT2D eigenvalue weighted by atomic mass is 9.89. The molecule has 0 spiro atoms. The molecular weight excluding hydrogens is 798 g/mol. The van der Waals surface area contributed by atoms with Crippen molar-refractivity contribution in [3.63, 3.8) is 0 Å². The number of urea groups is 1. The number of hydrogen-bond donors (Lipinski definition) is 2. The molecule has 2 N–H and O–H groups in total. The zero-order valence-electron chi connectivity index (χ0n) is 34.7. The summed E-state index contributed by atoms with van der Waals surface area (Å²) in [5.74, 6) is -0.139. The zero-order chi connectivity index (χ0) is 43.1. The molecule has 1 saturated carbocycles. The Labute approximate surface area is 353 Å². The number of alkyl halides is 3. The fourth-order valence-corrected chi connectivity index (χ4v) is 10.0. The van der Waals surface area contributed by atoms with Gasteiger partial charge in [-0.3, -0.25) is 39.2 Å². The highest BCUT2D eigenvalue weighted by atomic mass is 32.1. The van der Waals surface area contributed by atoms with E-state index in [4.69, 9.17) is 17.0 Å². The molecule has 2 atom stereocenters. The van der Waals surface area contributed by atoms with Crippen LogP contribution in [0.1, 0.15) is 77.3 Å². The van der Waals surface area contributed by atoms with Crippen LogP contribution in [0.15, 0.2) is 36.4 Å². The number of ether oxygens (including phenoxy) is 1. The Morgan fingerprint density at radius 2 is 1.77 bits per heavy atom. The summed E-state index contributed by atoms with van der Waals surface area (Å²) in [6, 6.07) is 11.0. The molecule has 1 aromatic heterocycles. The van der Waals surface area contributed by atoms with Crippen LogP contribution >= 0.6 is 12.2 Å². The van der Waals surface area contributed by atoms with Crippen molar-refractivity contribution < 1.29 is 32.3 Å². The minimum Gasteiger partial charge on any atom is -0.383 e. The fraction of sp³-hybridized carbons (Fsp3) is 0.571. The number of carbonyl (C=O) groups is 3. The van der Waals surface area contributed by atoms with Crippen LogP contribution in [0, 0.1) is 11.3 Å². The van der Waals surface area contributed by atoms with Crippen molar-refractivity contribution in [2.45, 2.75) is 102 Å². The minimum atomic E-state index is -4.75. The smallest absolute Gasteiger partial charge is 0.383 e. The van der Waals surface area contributed by atoms with E-state index in [0.717, 1.165) is 93.6 Å². The Balaban J connectivity index is 0.849. The number of nitrogens with one attached hydrogen (secondary N) is 2. The number of para-hydroxylation sites is 1. The molecule has 4 amide bonds. The first-order valence-corrected chi connectivity index (χ1v) is 21.1. The Morgan fingerprint density at radius 3 is 2.43 bits per heavy atom. The van der Waals surface area contributed by atoms with Crippen LogP contribution in [0.4, 0.5) is 35.2 Å². The van der Waals surface area contributed by atoms with Gasteiger partial charge in [0.05, 0.1) is 46.8 Å². The van der Waals surface area contributed by atoms with Gasteiger partial charge in [-0.2, -0.15) is 23.5 Å². The fourth-order valence-electron chi connectivity index (χ4n) is 9.47. The number of amides is 4. The number of nitriles is 1. The number of benzene rings is 2. The average molecular weight is 851 g/mol. The van der Waals surface area contributed by atoms with E-state index < -0.39 is 34.8 Å². The molecule has 0 bridgehead atoms. The molecule has 14 nitrogen and oxygen atoms in total. The summed E-state index contributed by atoms with van der Waals surface area (Å²) in [5.41, 5.74) is -0.804. The molecule has 0 radical (unpaired) electrons. The van der Waals surface area contributed by atoms with E-state index in [2.05, 4.69) is 39.4 Å². The SMILES string of the molecule is C[C@@H]1CN(CCOC2CCC(N3C(=S)N(c4ccc(C#N)c(C(F)(F)F)c4)C(=O)C3(C)C)CC2)C[C@H](C)N1CCCNc1cccc2c(N3CCC(=O)NC3=O)nn(C)c12. The molecule has 2 aromatic carbocycles. The second-order valence-electron chi connectivity index (χ2n) is 16.9. The average Bonchev–Trinajstić information content (AvgIpc) is 3.62. The van der Waals surface area contributed by atoms with E-state index in [9.17, 15) is 32.8 Å². The van der Waals surface area contributed by atoms with Gasteiger partial charge in [-0.1, -0.05) is 6.07 Å². The number of aromatic nitrogens is 2. The quantitative estimate of drug-likeness (QED) is 0.168. The first-order valence-electron chi connectivity index (χ1n) is 20.7. The van der Waals surface area contributed by atoms with Crippen molar-refractivity contribution in [3.05, 3.63) is 47.5 Å². The van der Waals surface area contributed by atoms with Crippen molar-refractivity contribution >= 4 is 63.3 Å².